The van der Waals surface area contributed by atoms with Crippen LogP contribution in [0.4, 0.5) is 0 Å². The number of carbonyl (C=O) groups excluding carboxylic acids is 1. The highest BCUT2D eigenvalue weighted by molar-refractivity contribution is 7.08. The first-order valence-corrected chi connectivity index (χ1v) is 8.42. The van der Waals surface area contributed by atoms with Crippen LogP contribution in [0.2, 0.25) is 0 Å². The van der Waals surface area contributed by atoms with E-state index in [-0.39, 0.29) is 12.3 Å². The third kappa shape index (κ3) is 3.31. The number of aliphatic hydroxyl groups is 1. The Morgan fingerprint density at radius 3 is 2.91 bits per heavy atom. The standard InChI is InChI=1S/C17H18N2O3S/c1-3-17(21)5-7-19(8-6-17)15(20)10-14-12(2)22-16(18-14)13-4-9-23-11-13/h1,4,9,11,21H,5-8,10H2,2H3. The van der Waals surface area contributed by atoms with Gasteiger partial charge < -0.3 is 14.4 Å². The van der Waals surface area contributed by atoms with E-state index in [1.165, 1.54) is 0 Å². The van der Waals surface area contributed by atoms with E-state index in [0.717, 1.165) is 5.56 Å². The maximum atomic E-state index is 12.4. The van der Waals surface area contributed by atoms with E-state index in [2.05, 4.69) is 10.9 Å². The summed E-state index contributed by atoms with van der Waals surface area (Å²) in [6.45, 7) is 2.75. The highest BCUT2D eigenvalue weighted by Gasteiger charge is 2.32. The smallest absolute Gasteiger partial charge is 0.228 e. The highest BCUT2D eigenvalue weighted by Crippen LogP contribution is 2.25. The predicted octanol–water partition coefficient (Wildman–Crippen LogP) is 2.24. The first-order valence-electron chi connectivity index (χ1n) is 7.47. The van der Waals surface area contributed by atoms with Gasteiger partial charge in [0.15, 0.2) is 0 Å². The largest absolute Gasteiger partial charge is 0.441 e. The molecule has 6 heteroatoms. The Hall–Kier alpha value is -2.10. The molecule has 2 aromatic rings. The second-order valence-corrected chi connectivity index (χ2v) is 6.55. The normalized spacial score (nSPS) is 17.0. The van der Waals surface area contributed by atoms with Crippen LogP contribution in [0.25, 0.3) is 11.5 Å². The molecule has 1 saturated heterocycles. The summed E-state index contributed by atoms with van der Waals surface area (Å²) < 4.78 is 5.66. The molecule has 5 nitrogen and oxygen atoms in total. The summed E-state index contributed by atoms with van der Waals surface area (Å²) in [5.41, 5.74) is 0.509. The second kappa shape index (κ2) is 6.19. The lowest BCUT2D eigenvalue weighted by Crippen LogP contribution is -2.46. The highest BCUT2D eigenvalue weighted by atomic mass is 32.1. The van der Waals surface area contributed by atoms with Gasteiger partial charge in [0.1, 0.15) is 11.4 Å². The van der Waals surface area contributed by atoms with Gasteiger partial charge in [-0.1, -0.05) is 5.92 Å². The molecule has 0 aromatic carbocycles. The average molecular weight is 330 g/mol. The van der Waals surface area contributed by atoms with Crippen molar-refractivity contribution in [3.63, 3.8) is 0 Å². The van der Waals surface area contributed by atoms with Crippen LogP contribution < -0.4 is 0 Å². The maximum Gasteiger partial charge on any atom is 0.228 e. The Kier molecular flexibility index (Phi) is 4.24. The number of terminal acetylenes is 1. The number of carbonyl (C=O) groups is 1. The summed E-state index contributed by atoms with van der Waals surface area (Å²) in [4.78, 5) is 18.6. The van der Waals surface area contributed by atoms with E-state index in [0.29, 0.717) is 43.3 Å². The Bertz CT molecular complexity index is 734. The summed E-state index contributed by atoms with van der Waals surface area (Å²) in [5.74, 6) is 3.60. The number of aromatic nitrogens is 1. The molecule has 23 heavy (non-hydrogen) atoms. The number of hydrogen-bond acceptors (Lipinski definition) is 5. The Morgan fingerprint density at radius 2 is 2.30 bits per heavy atom. The maximum absolute atomic E-state index is 12.4. The number of piperidine rings is 1. The topological polar surface area (TPSA) is 66.6 Å². The molecule has 1 aliphatic heterocycles. The number of aryl methyl sites for hydroxylation is 1. The minimum absolute atomic E-state index is 0.0164. The summed E-state index contributed by atoms with van der Waals surface area (Å²) >= 11 is 1.57. The van der Waals surface area contributed by atoms with Gasteiger partial charge in [0, 0.05) is 36.9 Å². The number of thiophene rings is 1. The monoisotopic (exact) mass is 330 g/mol. The van der Waals surface area contributed by atoms with Gasteiger partial charge in [-0.25, -0.2) is 4.98 Å². The van der Waals surface area contributed by atoms with Gasteiger partial charge in [0.2, 0.25) is 11.8 Å². The molecule has 3 rings (SSSR count). The number of oxazole rings is 1. The number of nitrogens with zero attached hydrogens (tertiary/aromatic N) is 2. The molecular weight excluding hydrogens is 312 g/mol. The molecule has 0 bridgehead atoms. The summed E-state index contributed by atoms with van der Waals surface area (Å²) in [7, 11) is 0. The molecular formula is C17H18N2O3S. The summed E-state index contributed by atoms with van der Waals surface area (Å²) in [6, 6.07) is 1.94. The molecule has 120 valence electrons. The quantitative estimate of drug-likeness (QED) is 0.877. The van der Waals surface area contributed by atoms with Crippen molar-refractivity contribution < 1.29 is 14.3 Å². The first kappa shape index (κ1) is 15.8. The van der Waals surface area contributed by atoms with Gasteiger partial charge in [0.25, 0.3) is 0 Å². The lowest BCUT2D eigenvalue weighted by Gasteiger charge is -2.34. The van der Waals surface area contributed by atoms with E-state index in [4.69, 9.17) is 10.8 Å². The Labute approximate surface area is 139 Å². The van der Waals surface area contributed by atoms with Crippen LogP contribution in [0.3, 0.4) is 0 Å². The number of rotatable bonds is 3. The minimum atomic E-state index is -1.08. The molecule has 1 amide bonds. The van der Waals surface area contributed by atoms with Crippen molar-refractivity contribution in [2.24, 2.45) is 0 Å². The molecule has 0 unspecified atom stereocenters. The van der Waals surface area contributed by atoms with Crippen molar-refractivity contribution in [1.82, 2.24) is 9.88 Å². The number of amides is 1. The van der Waals surface area contributed by atoms with Crippen molar-refractivity contribution in [3.05, 3.63) is 28.3 Å². The minimum Gasteiger partial charge on any atom is -0.441 e. The average Bonchev–Trinajstić information content (AvgIpc) is 3.18. The summed E-state index contributed by atoms with van der Waals surface area (Å²) in [5, 5.41) is 13.9. The van der Waals surface area contributed by atoms with Crippen LogP contribution in [0.5, 0.6) is 0 Å². The van der Waals surface area contributed by atoms with Crippen LogP contribution in [-0.2, 0) is 11.2 Å². The molecule has 2 aromatic heterocycles. The van der Waals surface area contributed by atoms with Crippen LogP contribution in [0, 0.1) is 19.3 Å². The molecule has 0 atom stereocenters. The lowest BCUT2D eigenvalue weighted by atomic mass is 9.92. The lowest BCUT2D eigenvalue weighted by molar-refractivity contribution is -0.133. The zero-order valence-electron chi connectivity index (χ0n) is 12.9. The van der Waals surface area contributed by atoms with Crippen LogP contribution in [-0.4, -0.2) is 39.6 Å². The molecule has 1 aliphatic rings. The molecule has 0 radical (unpaired) electrons. The molecule has 1 N–H and O–H groups in total. The molecule has 0 spiro atoms. The van der Waals surface area contributed by atoms with E-state index < -0.39 is 5.60 Å². The van der Waals surface area contributed by atoms with E-state index in [1.54, 1.807) is 16.2 Å². The summed E-state index contributed by atoms with van der Waals surface area (Å²) in [6.07, 6.45) is 6.35. The predicted molar refractivity (Wildman–Crippen MR) is 87.9 cm³/mol. The number of hydrogen-bond donors (Lipinski definition) is 1. The Balaban J connectivity index is 1.66. The van der Waals surface area contributed by atoms with Gasteiger partial charge in [0.05, 0.1) is 12.1 Å². The molecule has 0 aliphatic carbocycles. The zero-order valence-corrected chi connectivity index (χ0v) is 13.7. The fraction of sp³-hybridized carbons (Fsp3) is 0.412. The van der Waals surface area contributed by atoms with Crippen molar-refractivity contribution in [2.75, 3.05) is 13.1 Å². The second-order valence-electron chi connectivity index (χ2n) is 5.77. The van der Waals surface area contributed by atoms with Gasteiger partial charge in [-0.05, 0) is 18.4 Å². The third-order valence-electron chi connectivity index (χ3n) is 4.19. The SMILES string of the molecule is C#CC1(O)CCN(C(=O)Cc2nc(-c3ccsc3)oc2C)CC1. The van der Waals surface area contributed by atoms with Crippen molar-refractivity contribution >= 4 is 17.2 Å². The van der Waals surface area contributed by atoms with Crippen molar-refractivity contribution in [2.45, 2.75) is 31.8 Å². The van der Waals surface area contributed by atoms with Gasteiger partial charge >= 0.3 is 0 Å². The Morgan fingerprint density at radius 1 is 1.57 bits per heavy atom. The first-order chi connectivity index (χ1) is 11.0. The van der Waals surface area contributed by atoms with Gasteiger partial charge in [-0.2, -0.15) is 11.3 Å². The van der Waals surface area contributed by atoms with E-state index in [1.807, 2.05) is 23.8 Å². The van der Waals surface area contributed by atoms with Crippen LogP contribution in [0.1, 0.15) is 24.3 Å². The van der Waals surface area contributed by atoms with E-state index in [9.17, 15) is 9.90 Å². The molecule has 0 saturated carbocycles. The van der Waals surface area contributed by atoms with Gasteiger partial charge in [-0.15, -0.1) is 6.42 Å². The third-order valence-corrected chi connectivity index (χ3v) is 4.87. The number of likely N-dealkylation sites (tertiary alicyclic amines) is 1. The fourth-order valence-corrected chi connectivity index (χ4v) is 3.26. The van der Waals surface area contributed by atoms with Crippen molar-refractivity contribution in [3.8, 4) is 23.8 Å². The molecule has 3 heterocycles. The van der Waals surface area contributed by atoms with Crippen molar-refractivity contribution in [1.29, 1.82) is 0 Å². The van der Waals surface area contributed by atoms with E-state index >= 15 is 0 Å². The molecule has 1 fully saturated rings. The van der Waals surface area contributed by atoms with Crippen LogP contribution >= 0.6 is 11.3 Å². The van der Waals surface area contributed by atoms with Gasteiger partial charge in [-0.3, -0.25) is 4.79 Å². The zero-order chi connectivity index (χ0) is 16.4. The van der Waals surface area contributed by atoms with Crippen LogP contribution in [0.15, 0.2) is 21.2 Å². The fourth-order valence-electron chi connectivity index (χ4n) is 2.63.